The van der Waals surface area contributed by atoms with Crippen LogP contribution in [0.2, 0.25) is 0 Å². The Morgan fingerprint density at radius 1 is 0.167 bits per heavy atom. The van der Waals surface area contributed by atoms with Crippen molar-refractivity contribution in [2.24, 2.45) is 0 Å². The van der Waals surface area contributed by atoms with Gasteiger partial charge in [0.25, 0.3) is 0 Å². The zero-order valence-electron chi connectivity index (χ0n) is 23.3. The molecule has 1 aliphatic rings. The maximum atomic E-state index is 2.50. The highest BCUT2D eigenvalue weighted by Gasteiger charge is 2.57. The minimum absolute atomic E-state index is 0.917. The molecule has 42 heavy (non-hydrogen) atoms. The van der Waals surface area contributed by atoms with Crippen LogP contribution >= 0.6 is 0 Å². The number of hydrogen-bond acceptors (Lipinski definition) is 0. The molecule has 1 heterocycles. The van der Waals surface area contributed by atoms with Gasteiger partial charge in [0.1, 0.15) is 0 Å². The van der Waals surface area contributed by atoms with E-state index in [0.29, 0.717) is 0 Å². The van der Waals surface area contributed by atoms with Crippen molar-refractivity contribution in [3.63, 3.8) is 0 Å². The van der Waals surface area contributed by atoms with E-state index in [1.54, 1.807) is 31.1 Å². The van der Waals surface area contributed by atoms with Gasteiger partial charge >= 0.3 is 0 Å². The van der Waals surface area contributed by atoms with Crippen LogP contribution in [0.3, 0.4) is 0 Å². The minimum atomic E-state index is -0.917. The van der Waals surface area contributed by atoms with Crippen molar-refractivity contribution in [2.45, 2.75) is 0 Å². The maximum Gasteiger partial charge on any atom is 0.0711 e. The highest BCUT2D eigenvalue weighted by molar-refractivity contribution is 8.03. The molecule has 7 rings (SSSR count). The monoisotopic (exact) mass is 630 g/mol. The SMILES string of the molecule is c1ccc([Si]2[Si](c3ccccc3)[Si](c3ccccc3)[Si](c3ccccc3)[Si](c3ccccc3)[Si]2c2ccccc2)cc1. The summed E-state index contributed by atoms with van der Waals surface area (Å²) >= 11 is 0. The molecule has 1 fully saturated rings. The molecular weight excluding hydrogens is 601 g/mol. The molecule has 0 unspecified atom stereocenters. The topological polar surface area (TPSA) is 0 Å². The molecule has 1 aliphatic heterocycles. The first-order chi connectivity index (χ1) is 20.9. The lowest BCUT2D eigenvalue weighted by molar-refractivity contribution is 1.75. The molecule has 0 atom stereocenters. The Morgan fingerprint density at radius 2 is 0.286 bits per heavy atom. The Labute approximate surface area is 258 Å². The molecule has 0 nitrogen and oxygen atoms in total. The van der Waals surface area contributed by atoms with Crippen molar-refractivity contribution in [2.75, 3.05) is 0 Å². The Hall–Kier alpha value is -3.38. The maximum absolute atomic E-state index is 2.50. The lowest BCUT2D eigenvalue weighted by Crippen LogP contribution is -2.91. The van der Waals surface area contributed by atoms with Crippen LogP contribution in [-0.2, 0) is 0 Å². The molecular formula is C36H30Si6. The molecule has 0 aromatic heterocycles. The summed E-state index contributed by atoms with van der Waals surface area (Å²) in [6.45, 7) is 0. The fourth-order valence-electron chi connectivity index (χ4n) is 6.11. The van der Waals surface area contributed by atoms with Crippen molar-refractivity contribution in [3.8, 4) is 0 Å². The number of hydrogen-bond donors (Lipinski definition) is 0. The van der Waals surface area contributed by atoms with Crippen molar-refractivity contribution in [1.82, 2.24) is 0 Å². The van der Waals surface area contributed by atoms with Gasteiger partial charge in [-0.25, -0.2) is 0 Å². The second-order valence-electron chi connectivity index (χ2n) is 10.4. The third kappa shape index (κ3) is 5.42. The average molecular weight is 631 g/mol. The summed E-state index contributed by atoms with van der Waals surface area (Å²) in [6.07, 6.45) is 0. The second-order valence-corrected chi connectivity index (χ2v) is 45.4. The first-order valence-electron chi connectivity index (χ1n) is 14.5. The van der Waals surface area contributed by atoms with Gasteiger partial charge in [0.2, 0.25) is 0 Å². The first-order valence-corrected chi connectivity index (χ1v) is 29.5. The summed E-state index contributed by atoms with van der Waals surface area (Å²) in [6, 6.07) is 71.0. The zero-order chi connectivity index (χ0) is 28.1. The quantitative estimate of drug-likeness (QED) is 0.249. The smallest absolute Gasteiger partial charge is 0.0674 e. The van der Waals surface area contributed by atoms with Crippen LogP contribution in [0.1, 0.15) is 0 Å². The predicted octanol–water partition coefficient (Wildman–Crippen LogP) is 2.88. The standard InChI is InChI=1S/C36H30Si6/c1-7-19-31(20-8-1)37-38(32-21-9-2-10-22-32)40(34-25-13-4-14-26-34)42(36-29-17-6-18-30-36)41(35-27-15-5-16-28-35)39(37)33-23-11-3-12-24-33/h1-30H. The van der Waals surface area contributed by atoms with Crippen LogP contribution < -0.4 is 31.1 Å². The third-order valence-electron chi connectivity index (χ3n) is 7.87. The lowest BCUT2D eigenvalue weighted by Gasteiger charge is -2.49. The van der Waals surface area contributed by atoms with Gasteiger partial charge < -0.3 is 0 Å². The highest BCUT2D eigenvalue weighted by atomic mass is 30.1. The van der Waals surface area contributed by atoms with Crippen LogP contribution in [0.15, 0.2) is 182 Å². The molecule has 6 radical (unpaired) electrons. The third-order valence-corrected chi connectivity index (χ3v) is 76.2. The summed E-state index contributed by atoms with van der Waals surface area (Å²) < 4.78 is 0. The van der Waals surface area contributed by atoms with Gasteiger partial charge in [-0.15, -0.1) is 0 Å². The second kappa shape index (κ2) is 12.9. The van der Waals surface area contributed by atoms with Gasteiger partial charge in [-0.1, -0.05) is 213 Å². The normalized spacial score (nSPS) is 16.0. The molecule has 6 aromatic rings. The molecule has 0 spiro atoms. The van der Waals surface area contributed by atoms with Gasteiger partial charge in [0.15, 0.2) is 0 Å². The summed E-state index contributed by atoms with van der Waals surface area (Å²) in [5.41, 5.74) is 0. The Kier molecular flexibility index (Phi) is 8.41. The highest BCUT2D eigenvalue weighted by Crippen LogP contribution is 2.19. The number of rotatable bonds is 6. The molecule has 6 aromatic carbocycles. The molecule has 198 valence electrons. The van der Waals surface area contributed by atoms with Crippen molar-refractivity contribution in [1.29, 1.82) is 0 Å². The van der Waals surface area contributed by atoms with E-state index in [-0.39, 0.29) is 0 Å². The summed E-state index contributed by atoms with van der Waals surface area (Å²) in [4.78, 5) is 0. The van der Waals surface area contributed by atoms with Crippen LogP contribution in [0.25, 0.3) is 0 Å². The van der Waals surface area contributed by atoms with Crippen molar-refractivity contribution in [3.05, 3.63) is 182 Å². The van der Waals surface area contributed by atoms with Crippen LogP contribution in [-0.4, -0.2) is 47.0 Å². The van der Waals surface area contributed by atoms with Gasteiger partial charge in [-0.05, 0) is 0 Å². The minimum Gasteiger partial charge on any atom is -0.0674 e. The van der Waals surface area contributed by atoms with E-state index >= 15 is 0 Å². The largest absolute Gasteiger partial charge is 0.0711 e. The zero-order valence-corrected chi connectivity index (χ0v) is 29.3. The first kappa shape index (κ1) is 27.5. The van der Waals surface area contributed by atoms with Crippen molar-refractivity contribution < 1.29 is 0 Å². The van der Waals surface area contributed by atoms with E-state index < -0.39 is 47.0 Å². The van der Waals surface area contributed by atoms with Crippen LogP contribution in [0, 0.1) is 0 Å². The predicted molar refractivity (Wildman–Crippen MR) is 191 cm³/mol. The van der Waals surface area contributed by atoms with Crippen LogP contribution in [0.4, 0.5) is 0 Å². The molecule has 0 amide bonds. The van der Waals surface area contributed by atoms with E-state index in [4.69, 9.17) is 0 Å². The van der Waals surface area contributed by atoms with Gasteiger partial charge in [-0.2, -0.15) is 0 Å². The average Bonchev–Trinajstić information content (AvgIpc) is 3.09. The van der Waals surface area contributed by atoms with Gasteiger partial charge in [0.05, 0.1) is 47.0 Å². The van der Waals surface area contributed by atoms with E-state index in [0.717, 1.165) is 0 Å². The number of benzene rings is 6. The summed E-state index contributed by atoms with van der Waals surface area (Å²) in [7, 11) is -5.50. The summed E-state index contributed by atoms with van der Waals surface area (Å²) in [5.74, 6) is 0. The fourth-order valence-corrected chi connectivity index (χ4v) is 125. The van der Waals surface area contributed by atoms with E-state index in [9.17, 15) is 0 Å². The van der Waals surface area contributed by atoms with Gasteiger partial charge in [0, 0.05) is 0 Å². The molecule has 0 aliphatic carbocycles. The molecule has 1 saturated heterocycles. The molecule has 0 saturated carbocycles. The molecule has 6 heteroatoms. The van der Waals surface area contributed by atoms with E-state index in [1.807, 2.05) is 0 Å². The molecule has 0 bridgehead atoms. The Morgan fingerprint density at radius 3 is 0.405 bits per heavy atom. The fraction of sp³-hybridized carbons (Fsp3) is 0. The lowest BCUT2D eigenvalue weighted by atomic mass is 10.4. The van der Waals surface area contributed by atoms with Crippen LogP contribution in [0.5, 0.6) is 0 Å². The van der Waals surface area contributed by atoms with Gasteiger partial charge in [-0.3, -0.25) is 0 Å². The van der Waals surface area contributed by atoms with E-state index in [2.05, 4.69) is 182 Å². The Bertz CT molecular complexity index is 1340. The summed E-state index contributed by atoms with van der Waals surface area (Å²) in [5, 5.41) is 10.0. The van der Waals surface area contributed by atoms with Crippen molar-refractivity contribution >= 4 is 78.1 Å². The Balaban J connectivity index is 1.59. The van der Waals surface area contributed by atoms with E-state index in [1.165, 1.54) is 0 Å². The molecule has 0 N–H and O–H groups in total.